The lowest BCUT2D eigenvalue weighted by molar-refractivity contribution is 0.256. The minimum Gasteiger partial charge on any atom is -0.267 e. The van der Waals surface area contributed by atoms with Gasteiger partial charge < -0.3 is 0 Å². The monoisotopic (exact) mass is 305 g/mol. The van der Waals surface area contributed by atoms with E-state index in [-0.39, 0.29) is 5.54 Å². The Kier molecular flexibility index (Phi) is 2.61. The maximum atomic E-state index is 10.6. The molecule has 1 fully saturated rings. The van der Waals surface area contributed by atoms with Crippen LogP contribution in [-0.2, 0) is 17.4 Å². The first kappa shape index (κ1) is 11.6. The number of rotatable bonds is 2. The fourth-order valence-corrected chi connectivity index (χ4v) is 3.14. The van der Waals surface area contributed by atoms with E-state index in [1.165, 1.54) is 0 Å². The second-order valence-electron chi connectivity index (χ2n) is 4.73. The number of halogens is 1. The summed E-state index contributed by atoms with van der Waals surface area (Å²) < 4.78 is 2.67. The van der Waals surface area contributed by atoms with Crippen LogP contribution in [0.4, 0.5) is 0 Å². The van der Waals surface area contributed by atoms with Gasteiger partial charge >= 0.3 is 0 Å². The lowest BCUT2D eigenvalue weighted by atomic mass is 9.72. The third kappa shape index (κ3) is 1.55. The van der Waals surface area contributed by atoms with Crippen LogP contribution < -0.4 is 0 Å². The summed E-state index contributed by atoms with van der Waals surface area (Å²) in [5.41, 5.74) is 1.79. The van der Waals surface area contributed by atoms with Crippen LogP contribution >= 0.6 is 15.9 Å². The Bertz CT molecular complexity index is 666. The molecule has 4 nitrogen and oxygen atoms in total. The van der Waals surface area contributed by atoms with Gasteiger partial charge in [0, 0.05) is 12.4 Å². The number of benzene rings is 1. The van der Waals surface area contributed by atoms with E-state index < -0.39 is 0 Å². The van der Waals surface area contributed by atoms with Gasteiger partial charge in [0.15, 0.2) is 0 Å². The van der Waals surface area contributed by atoms with Crippen molar-refractivity contribution in [2.45, 2.75) is 24.8 Å². The van der Waals surface area contributed by atoms with Gasteiger partial charge in [-0.1, -0.05) is 6.07 Å². The predicted octanol–water partition coefficient (Wildman–Crippen LogP) is 3.05. The summed E-state index contributed by atoms with van der Waals surface area (Å²) in [7, 11) is 1.91. The molecule has 0 amide bonds. The largest absolute Gasteiger partial charge is 0.267 e. The highest BCUT2D eigenvalue weighted by Gasteiger charge is 2.39. The summed E-state index contributed by atoms with van der Waals surface area (Å²) in [6, 6.07) is 6.14. The molecule has 1 saturated carbocycles. The van der Waals surface area contributed by atoms with Crippen molar-refractivity contribution < 1.29 is 4.79 Å². The number of carbonyl (C=O) groups excluding carboxylic acids is 1. The summed E-state index contributed by atoms with van der Waals surface area (Å²) >= 11 is 3.44. The van der Waals surface area contributed by atoms with Gasteiger partial charge in [0.25, 0.3) is 0 Å². The van der Waals surface area contributed by atoms with Crippen LogP contribution in [0.15, 0.2) is 27.8 Å². The second kappa shape index (κ2) is 4.04. The third-order valence-electron chi connectivity index (χ3n) is 3.78. The van der Waals surface area contributed by atoms with Crippen LogP contribution in [0.3, 0.4) is 0 Å². The van der Waals surface area contributed by atoms with E-state index in [1.54, 1.807) is 6.08 Å². The molecule has 1 heterocycles. The van der Waals surface area contributed by atoms with Gasteiger partial charge in [-0.15, -0.1) is 0 Å². The molecule has 1 aliphatic rings. The Morgan fingerprint density at radius 1 is 1.50 bits per heavy atom. The quantitative estimate of drug-likeness (QED) is 0.632. The number of isocyanates is 1. The predicted molar refractivity (Wildman–Crippen MR) is 72.1 cm³/mol. The molecule has 3 rings (SSSR count). The maximum Gasteiger partial charge on any atom is 0.235 e. The van der Waals surface area contributed by atoms with Crippen LogP contribution in [0.2, 0.25) is 0 Å². The van der Waals surface area contributed by atoms with Crippen LogP contribution in [-0.4, -0.2) is 15.9 Å². The van der Waals surface area contributed by atoms with E-state index in [2.05, 4.69) is 32.1 Å². The minimum atomic E-state index is -0.341. The maximum absolute atomic E-state index is 10.6. The van der Waals surface area contributed by atoms with Crippen molar-refractivity contribution in [1.29, 1.82) is 0 Å². The zero-order valence-corrected chi connectivity index (χ0v) is 11.6. The molecule has 0 atom stereocenters. The molecule has 92 valence electrons. The van der Waals surface area contributed by atoms with Gasteiger partial charge in [0.05, 0.1) is 11.1 Å². The first-order valence-corrected chi connectivity index (χ1v) is 6.67. The number of hydrogen-bond donors (Lipinski definition) is 0. The van der Waals surface area contributed by atoms with Crippen molar-refractivity contribution in [3.8, 4) is 0 Å². The molecule has 5 heteroatoms. The molecule has 0 aliphatic heterocycles. The second-order valence-corrected chi connectivity index (χ2v) is 5.49. The SMILES string of the molecule is Cn1nc(Br)c2ccc(C3(N=C=O)CCC3)cc21. The summed E-state index contributed by atoms with van der Waals surface area (Å²) in [6.07, 6.45) is 4.68. The van der Waals surface area contributed by atoms with Crippen LogP contribution in [0.1, 0.15) is 24.8 Å². The fourth-order valence-electron chi connectivity index (χ4n) is 2.57. The molecule has 0 bridgehead atoms. The van der Waals surface area contributed by atoms with Crippen molar-refractivity contribution in [2.75, 3.05) is 0 Å². The number of aromatic nitrogens is 2. The molecule has 2 aromatic rings. The molecule has 0 saturated heterocycles. The van der Waals surface area contributed by atoms with Gasteiger partial charge in [0.2, 0.25) is 6.08 Å². The zero-order chi connectivity index (χ0) is 12.8. The Morgan fingerprint density at radius 3 is 2.89 bits per heavy atom. The standard InChI is InChI=1S/C13H12BrN3O/c1-17-11-7-9(3-4-10(11)12(14)16-17)13(15-8-18)5-2-6-13/h3-4,7H,2,5-6H2,1H3. The lowest BCUT2D eigenvalue weighted by Gasteiger charge is -2.37. The van der Waals surface area contributed by atoms with Crippen molar-refractivity contribution in [2.24, 2.45) is 12.0 Å². The average Bonchev–Trinajstić information content (AvgIpc) is 2.59. The van der Waals surface area contributed by atoms with Crippen LogP contribution in [0, 0.1) is 0 Å². The summed E-state index contributed by atoms with van der Waals surface area (Å²) in [5.74, 6) is 0. The first-order valence-electron chi connectivity index (χ1n) is 5.88. The molecular weight excluding hydrogens is 294 g/mol. The highest BCUT2D eigenvalue weighted by Crippen LogP contribution is 2.45. The third-order valence-corrected chi connectivity index (χ3v) is 4.37. The first-order chi connectivity index (χ1) is 8.66. The van der Waals surface area contributed by atoms with Gasteiger partial charge in [-0.3, -0.25) is 4.68 Å². The number of nitrogens with zero attached hydrogens (tertiary/aromatic N) is 3. The highest BCUT2D eigenvalue weighted by atomic mass is 79.9. The fraction of sp³-hybridized carbons (Fsp3) is 0.385. The van der Waals surface area contributed by atoms with Crippen molar-refractivity contribution >= 4 is 32.9 Å². The van der Waals surface area contributed by atoms with E-state index in [4.69, 9.17) is 0 Å². The molecule has 0 unspecified atom stereocenters. The van der Waals surface area contributed by atoms with E-state index in [9.17, 15) is 4.79 Å². The minimum absolute atomic E-state index is 0.341. The Balaban J connectivity index is 2.19. The Morgan fingerprint density at radius 2 is 2.28 bits per heavy atom. The molecule has 0 radical (unpaired) electrons. The van der Waals surface area contributed by atoms with E-state index in [0.717, 1.165) is 40.3 Å². The normalized spacial score (nSPS) is 17.2. The van der Waals surface area contributed by atoms with Gasteiger partial charge in [-0.25, -0.2) is 4.79 Å². The van der Waals surface area contributed by atoms with Gasteiger partial charge in [-0.2, -0.15) is 10.1 Å². The molecule has 18 heavy (non-hydrogen) atoms. The molecular formula is C13H12BrN3O. The molecule has 1 aromatic heterocycles. The average molecular weight is 306 g/mol. The number of fused-ring (bicyclic) bond motifs is 1. The Labute approximate surface area is 113 Å². The van der Waals surface area contributed by atoms with Crippen molar-refractivity contribution in [3.05, 3.63) is 28.4 Å². The number of hydrogen-bond acceptors (Lipinski definition) is 3. The van der Waals surface area contributed by atoms with Gasteiger partial charge in [0.1, 0.15) is 4.60 Å². The van der Waals surface area contributed by atoms with Crippen molar-refractivity contribution in [1.82, 2.24) is 9.78 Å². The van der Waals surface area contributed by atoms with E-state index in [0.29, 0.717) is 0 Å². The smallest absolute Gasteiger partial charge is 0.235 e. The Hall–Kier alpha value is -1.45. The number of aryl methyl sites for hydroxylation is 1. The summed E-state index contributed by atoms with van der Waals surface area (Å²) in [5, 5.41) is 5.40. The molecule has 1 aliphatic carbocycles. The number of aliphatic imine (C=N–C) groups is 1. The molecule has 1 aromatic carbocycles. The van der Waals surface area contributed by atoms with E-state index in [1.807, 2.05) is 23.9 Å². The van der Waals surface area contributed by atoms with E-state index >= 15 is 0 Å². The topological polar surface area (TPSA) is 47.2 Å². The zero-order valence-electron chi connectivity index (χ0n) is 9.98. The summed E-state index contributed by atoms with van der Waals surface area (Å²) in [4.78, 5) is 14.6. The molecule has 0 spiro atoms. The van der Waals surface area contributed by atoms with Crippen molar-refractivity contribution in [3.63, 3.8) is 0 Å². The van der Waals surface area contributed by atoms with Crippen LogP contribution in [0.25, 0.3) is 10.9 Å². The molecule has 0 N–H and O–H groups in total. The highest BCUT2D eigenvalue weighted by molar-refractivity contribution is 9.10. The van der Waals surface area contributed by atoms with Crippen LogP contribution in [0.5, 0.6) is 0 Å². The van der Waals surface area contributed by atoms with Gasteiger partial charge in [-0.05, 0) is 52.9 Å². The summed E-state index contributed by atoms with van der Waals surface area (Å²) in [6.45, 7) is 0. The lowest BCUT2D eigenvalue weighted by Crippen LogP contribution is -2.31.